The summed E-state index contributed by atoms with van der Waals surface area (Å²) in [6, 6.07) is 20.3. The fraction of sp³-hybridized carbons (Fsp3) is 0.500. The smallest absolute Gasteiger partial charge is 0.127 e. The van der Waals surface area contributed by atoms with Crippen LogP contribution in [0.3, 0.4) is 0 Å². The van der Waals surface area contributed by atoms with E-state index in [9.17, 15) is 8.78 Å². The SMILES string of the molecule is CC(C)C1CCc2c(F)ccc(F)c21.CC(C)C1CCc2ccccc21.CC(C)C1CCc2ccccc21. The maximum absolute atomic E-state index is 13.5. The summed E-state index contributed by atoms with van der Waals surface area (Å²) in [7, 11) is 0. The molecule has 0 fully saturated rings. The van der Waals surface area contributed by atoms with Crippen molar-refractivity contribution in [3.63, 3.8) is 0 Å². The zero-order valence-electron chi connectivity index (χ0n) is 24.2. The highest BCUT2D eigenvalue weighted by Crippen LogP contribution is 2.41. The van der Waals surface area contributed by atoms with E-state index in [1.54, 1.807) is 22.3 Å². The molecule has 3 aliphatic rings. The van der Waals surface area contributed by atoms with Crippen molar-refractivity contribution in [1.29, 1.82) is 0 Å². The quantitative estimate of drug-likeness (QED) is 0.325. The van der Waals surface area contributed by atoms with Crippen LogP contribution in [0.15, 0.2) is 60.7 Å². The van der Waals surface area contributed by atoms with E-state index in [2.05, 4.69) is 90.1 Å². The van der Waals surface area contributed by atoms with Crippen LogP contribution in [0.4, 0.5) is 8.78 Å². The molecule has 0 radical (unpaired) electrons. The van der Waals surface area contributed by atoms with Gasteiger partial charge in [-0.2, -0.15) is 0 Å². The van der Waals surface area contributed by atoms with Gasteiger partial charge in [-0.15, -0.1) is 0 Å². The largest absolute Gasteiger partial charge is 0.207 e. The van der Waals surface area contributed by atoms with Crippen molar-refractivity contribution in [1.82, 2.24) is 0 Å². The molecule has 3 aromatic rings. The van der Waals surface area contributed by atoms with Gasteiger partial charge in [-0.1, -0.05) is 90.1 Å². The molecule has 0 aliphatic heterocycles. The molecule has 0 spiro atoms. The molecule has 0 saturated heterocycles. The van der Waals surface area contributed by atoms with E-state index < -0.39 is 0 Å². The van der Waals surface area contributed by atoms with Crippen LogP contribution in [-0.2, 0) is 19.3 Å². The van der Waals surface area contributed by atoms with E-state index in [0.717, 1.165) is 30.1 Å². The zero-order valence-corrected chi connectivity index (χ0v) is 24.2. The average molecular weight is 517 g/mol. The van der Waals surface area contributed by atoms with Crippen LogP contribution in [0, 0.1) is 29.4 Å². The Labute approximate surface area is 229 Å². The Balaban J connectivity index is 0.000000133. The normalized spacial score (nSPS) is 21.0. The second-order valence-corrected chi connectivity index (χ2v) is 12.5. The molecule has 2 heteroatoms. The van der Waals surface area contributed by atoms with E-state index in [1.165, 1.54) is 37.8 Å². The zero-order chi connectivity index (χ0) is 27.4. The summed E-state index contributed by atoms with van der Waals surface area (Å²) in [5.41, 5.74) is 7.59. The number of aryl methyl sites for hydroxylation is 2. The fourth-order valence-electron chi connectivity index (χ4n) is 6.94. The molecule has 0 bridgehead atoms. The second-order valence-electron chi connectivity index (χ2n) is 12.5. The van der Waals surface area contributed by atoms with Crippen LogP contribution in [-0.4, -0.2) is 0 Å². The minimum atomic E-state index is -0.246. The van der Waals surface area contributed by atoms with Gasteiger partial charge in [0.15, 0.2) is 0 Å². The molecule has 6 rings (SSSR count). The number of halogens is 2. The number of hydrogen-bond donors (Lipinski definition) is 0. The molecule has 3 atom stereocenters. The molecule has 0 amide bonds. The molecular formula is C36H46F2. The van der Waals surface area contributed by atoms with Crippen molar-refractivity contribution in [2.24, 2.45) is 17.8 Å². The molecule has 204 valence electrons. The van der Waals surface area contributed by atoms with E-state index in [-0.39, 0.29) is 17.6 Å². The highest BCUT2D eigenvalue weighted by atomic mass is 19.1. The molecule has 0 heterocycles. The summed E-state index contributed by atoms with van der Waals surface area (Å²) in [4.78, 5) is 0. The van der Waals surface area contributed by atoms with Gasteiger partial charge in [0.25, 0.3) is 0 Å². The summed E-state index contributed by atoms with van der Waals surface area (Å²) >= 11 is 0. The number of fused-ring (bicyclic) bond motifs is 3. The van der Waals surface area contributed by atoms with Crippen molar-refractivity contribution in [3.05, 3.63) is 106 Å². The molecule has 38 heavy (non-hydrogen) atoms. The van der Waals surface area contributed by atoms with Gasteiger partial charge in [0.1, 0.15) is 11.6 Å². The second kappa shape index (κ2) is 12.6. The Kier molecular flexibility index (Phi) is 9.45. The highest BCUT2D eigenvalue weighted by molar-refractivity contribution is 5.38. The van der Waals surface area contributed by atoms with Gasteiger partial charge in [-0.25, -0.2) is 8.78 Å². The average Bonchev–Trinajstić information content (AvgIpc) is 3.64. The van der Waals surface area contributed by atoms with Crippen LogP contribution in [0.25, 0.3) is 0 Å². The Morgan fingerprint density at radius 3 is 1.42 bits per heavy atom. The van der Waals surface area contributed by atoms with Gasteiger partial charge in [-0.05, 0) is 120 Å². The first-order chi connectivity index (χ1) is 18.2. The first kappa shape index (κ1) is 28.5. The first-order valence-corrected chi connectivity index (χ1v) is 14.8. The number of hydrogen-bond acceptors (Lipinski definition) is 0. The molecule has 3 aliphatic carbocycles. The van der Waals surface area contributed by atoms with Crippen molar-refractivity contribution < 1.29 is 8.78 Å². The lowest BCUT2D eigenvalue weighted by atomic mass is 9.90. The third-order valence-electron chi connectivity index (χ3n) is 9.10. The first-order valence-electron chi connectivity index (χ1n) is 14.8. The van der Waals surface area contributed by atoms with Crippen LogP contribution in [0.2, 0.25) is 0 Å². The highest BCUT2D eigenvalue weighted by Gasteiger charge is 2.30. The van der Waals surface area contributed by atoms with Gasteiger partial charge in [-0.3, -0.25) is 0 Å². The predicted molar refractivity (Wildman–Crippen MR) is 157 cm³/mol. The standard InChI is InChI=1S/C12H14F2.2C12H16/c1-7(2)8-3-4-9-10(13)5-6-11(14)12(8)9;2*1-9(2)11-8-7-10-5-3-4-6-12(10)11/h5-8H,3-4H2,1-2H3;2*3-6,9,11H,7-8H2,1-2H3. The Morgan fingerprint density at radius 1 is 0.526 bits per heavy atom. The van der Waals surface area contributed by atoms with Gasteiger partial charge in [0.2, 0.25) is 0 Å². The van der Waals surface area contributed by atoms with Gasteiger partial charge in [0.05, 0.1) is 0 Å². The van der Waals surface area contributed by atoms with Crippen LogP contribution in [0.1, 0.15) is 112 Å². The van der Waals surface area contributed by atoms with E-state index in [4.69, 9.17) is 0 Å². The Hall–Kier alpha value is -2.48. The molecule has 0 saturated carbocycles. The molecule has 0 aromatic heterocycles. The van der Waals surface area contributed by atoms with Crippen LogP contribution in [0.5, 0.6) is 0 Å². The van der Waals surface area contributed by atoms with E-state index >= 15 is 0 Å². The van der Waals surface area contributed by atoms with Gasteiger partial charge in [0, 0.05) is 0 Å². The van der Waals surface area contributed by atoms with Crippen molar-refractivity contribution >= 4 is 0 Å². The van der Waals surface area contributed by atoms with E-state index in [0.29, 0.717) is 23.5 Å². The maximum Gasteiger partial charge on any atom is 0.127 e. The van der Waals surface area contributed by atoms with Gasteiger partial charge < -0.3 is 0 Å². The fourth-order valence-corrected chi connectivity index (χ4v) is 6.94. The monoisotopic (exact) mass is 516 g/mol. The summed E-state index contributed by atoms with van der Waals surface area (Å²) < 4.78 is 26.9. The predicted octanol–water partition coefficient (Wildman–Crippen LogP) is 10.4. The summed E-state index contributed by atoms with van der Waals surface area (Å²) in [6.07, 6.45) is 6.86. The van der Waals surface area contributed by atoms with Gasteiger partial charge >= 0.3 is 0 Å². The maximum atomic E-state index is 13.5. The molecule has 3 unspecified atom stereocenters. The molecular weight excluding hydrogens is 470 g/mol. The summed E-state index contributed by atoms with van der Waals surface area (Å²) in [5, 5.41) is 0. The molecule has 3 aromatic carbocycles. The Bertz CT molecular complexity index is 1150. The van der Waals surface area contributed by atoms with Crippen LogP contribution >= 0.6 is 0 Å². The van der Waals surface area contributed by atoms with Crippen molar-refractivity contribution in [2.75, 3.05) is 0 Å². The van der Waals surface area contributed by atoms with Crippen LogP contribution < -0.4 is 0 Å². The van der Waals surface area contributed by atoms with Crippen molar-refractivity contribution in [2.45, 2.75) is 97.8 Å². The number of benzene rings is 3. The van der Waals surface area contributed by atoms with Crippen molar-refractivity contribution in [3.8, 4) is 0 Å². The lowest BCUT2D eigenvalue weighted by molar-refractivity contribution is 0.474. The topological polar surface area (TPSA) is 0 Å². The summed E-state index contributed by atoms with van der Waals surface area (Å²) in [5.74, 6) is 3.33. The molecule has 0 N–H and O–H groups in total. The van der Waals surface area contributed by atoms with E-state index in [1.807, 2.05) is 0 Å². The summed E-state index contributed by atoms with van der Waals surface area (Å²) in [6.45, 7) is 13.4. The minimum Gasteiger partial charge on any atom is -0.207 e. The minimum absolute atomic E-state index is 0.195. The Morgan fingerprint density at radius 2 is 0.947 bits per heavy atom. The third kappa shape index (κ3) is 6.22. The molecule has 0 nitrogen and oxygen atoms in total. The lowest BCUT2D eigenvalue weighted by Crippen LogP contribution is -2.05. The third-order valence-corrected chi connectivity index (χ3v) is 9.10. The lowest BCUT2D eigenvalue weighted by Gasteiger charge is -2.16. The number of rotatable bonds is 3.